The molecule has 2 aromatic rings. The Balaban J connectivity index is 2.47. The fourth-order valence-corrected chi connectivity index (χ4v) is 2.25. The zero-order chi connectivity index (χ0) is 15.2. The third-order valence-corrected chi connectivity index (χ3v) is 3.26. The highest BCUT2D eigenvalue weighted by atomic mass is 16.5. The van der Waals surface area contributed by atoms with Gasteiger partial charge in [0.25, 0.3) is 0 Å². The van der Waals surface area contributed by atoms with Crippen LogP contribution < -0.4 is 9.47 Å². The Bertz CT molecular complexity index is 595. The first kappa shape index (κ1) is 14.9. The molecule has 0 unspecified atom stereocenters. The minimum atomic E-state index is -0.819. The number of hydrogen-bond donors (Lipinski definition) is 1. The number of carboxylic acid groups (broad SMARTS) is 1. The Kier molecular flexibility index (Phi) is 4.82. The maximum absolute atomic E-state index is 10.7. The molecule has 0 aliphatic heterocycles. The van der Waals surface area contributed by atoms with Crippen LogP contribution in [0.5, 0.6) is 11.5 Å². The number of aryl methyl sites for hydroxylation is 1. The van der Waals surface area contributed by atoms with E-state index in [1.807, 2.05) is 42.5 Å². The summed E-state index contributed by atoms with van der Waals surface area (Å²) in [7, 11) is 3.20. The molecule has 21 heavy (non-hydrogen) atoms. The number of carbonyl (C=O) groups is 1. The van der Waals surface area contributed by atoms with Crippen LogP contribution in [0.25, 0.3) is 11.1 Å². The van der Waals surface area contributed by atoms with Gasteiger partial charge in [0, 0.05) is 6.42 Å². The molecule has 4 nitrogen and oxygen atoms in total. The third kappa shape index (κ3) is 3.54. The zero-order valence-electron chi connectivity index (χ0n) is 12.1. The van der Waals surface area contributed by atoms with Crippen molar-refractivity contribution in [2.75, 3.05) is 14.2 Å². The number of methoxy groups -OCH3 is 2. The normalized spacial score (nSPS) is 10.2. The van der Waals surface area contributed by atoms with Gasteiger partial charge in [-0.25, -0.2) is 0 Å². The average Bonchev–Trinajstić information content (AvgIpc) is 2.52. The molecular formula is C17H18O4. The molecule has 0 radical (unpaired) electrons. The van der Waals surface area contributed by atoms with E-state index in [4.69, 9.17) is 14.6 Å². The fraction of sp³-hybridized carbons (Fsp3) is 0.235. The second kappa shape index (κ2) is 6.79. The minimum Gasteiger partial charge on any atom is -0.496 e. The highest BCUT2D eigenvalue weighted by Gasteiger charge is 2.14. The Morgan fingerprint density at radius 2 is 1.62 bits per heavy atom. The van der Waals surface area contributed by atoms with Gasteiger partial charge in [0.15, 0.2) is 0 Å². The quantitative estimate of drug-likeness (QED) is 0.884. The van der Waals surface area contributed by atoms with Crippen molar-refractivity contribution in [2.45, 2.75) is 12.8 Å². The standard InChI is InChI=1S/C17H18O4/c1-20-14-10-12(8-9-16(18)19)11-15(21-2)17(14)13-6-4-3-5-7-13/h3-7,10-11H,8-9H2,1-2H3,(H,18,19). The van der Waals surface area contributed by atoms with Gasteiger partial charge in [-0.15, -0.1) is 0 Å². The number of ether oxygens (including phenoxy) is 2. The molecule has 110 valence electrons. The molecule has 1 N–H and O–H groups in total. The van der Waals surface area contributed by atoms with E-state index in [9.17, 15) is 4.79 Å². The molecule has 0 amide bonds. The lowest BCUT2D eigenvalue weighted by molar-refractivity contribution is -0.136. The van der Waals surface area contributed by atoms with Crippen molar-refractivity contribution in [3.63, 3.8) is 0 Å². The molecule has 0 spiro atoms. The van der Waals surface area contributed by atoms with Crippen LogP contribution in [0.2, 0.25) is 0 Å². The van der Waals surface area contributed by atoms with Crippen LogP contribution in [0.4, 0.5) is 0 Å². The Morgan fingerprint density at radius 3 is 2.10 bits per heavy atom. The van der Waals surface area contributed by atoms with Crippen molar-refractivity contribution < 1.29 is 19.4 Å². The van der Waals surface area contributed by atoms with E-state index in [1.54, 1.807) is 14.2 Å². The first-order valence-electron chi connectivity index (χ1n) is 6.67. The van der Waals surface area contributed by atoms with Gasteiger partial charge < -0.3 is 14.6 Å². The second-order valence-corrected chi connectivity index (χ2v) is 4.64. The molecule has 2 rings (SSSR count). The summed E-state index contributed by atoms with van der Waals surface area (Å²) in [4.78, 5) is 10.7. The molecule has 0 aliphatic rings. The number of carboxylic acids is 1. The largest absolute Gasteiger partial charge is 0.496 e. The SMILES string of the molecule is COc1cc(CCC(=O)O)cc(OC)c1-c1ccccc1. The van der Waals surface area contributed by atoms with Gasteiger partial charge in [0.2, 0.25) is 0 Å². The van der Waals surface area contributed by atoms with Crippen molar-refractivity contribution in [1.29, 1.82) is 0 Å². The lowest BCUT2D eigenvalue weighted by atomic mass is 9.99. The number of aliphatic carboxylic acids is 1. The monoisotopic (exact) mass is 286 g/mol. The fourth-order valence-electron chi connectivity index (χ4n) is 2.25. The molecule has 4 heteroatoms. The highest BCUT2D eigenvalue weighted by molar-refractivity contribution is 5.77. The van der Waals surface area contributed by atoms with Crippen molar-refractivity contribution in [2.24, 2.45) is 0 Å². The van der Waals surface area contributed by atoms with E-state index in [1.165, 1.54) is 0 Å². The molecule has 0 heterocycles. The lowest BCUT2D eigenvalue weighted by Gasteiger charge is -2.15. The zero-order valence-corrected chi connectivity index (χ0v) is 12.1. The summed E-state index contributed by atoms with van der Waals surface area (Å²) in [6, 6.07) is 13.6. The molecule has 0 aromatic heterocycles. The van der Waals surface area contributed by atoms with Crippen LogP contribution in [0.3, 0.4) is 0 Å². The van der Waals surface area contributed by atoms with Gasteiger partial charge in [-0.1, -0.05) is 30.3 Å². The molecule has 0 aliphatic carbocycles. The lowest BCUT2D eigenvalue weighted by Crippen LogP contribution is -2.00. The van der Waals surface area contributed by atoms with E-state index in [0.717, 1.165) is 16.7 Å². The van der Waals surface area contributed by atoms with Gasteiger partial charge in [0.1, 0.15) is 11.5 Å². The predicted molar refractivity (Wildman–Crippen MR) is 80.9 cm³/mol. The summed E-state index contributed by atoms with van der Waals surface area (Å²) in [6.45, 7) is 0. The van der Waals surface area contributed by atoms with E-state index in [0.29, 0.717) is 17.9 Å². The Hall–Kier alpha value is -2.49. The smallest absolute Gasteiger partial charge is 0.303 e. The molecule has 0 bridgehead atoms. The van der Waals surface area contributed by atoms with Gasteiger partial charge >= 0.3 is 5.97 Å². The minimum absolute atomic E-state index is 0.0803. The summed E-state index contributed by atoms with van der Waals surface area (Å²) in [6.07, 6.45) is 0.522. The van der Waals surface area contributed by atoms with Crippen molar-refractivity contribution in [3.8, 4) is 22.6 Å². The van der Waals surface area contributed by atoms with Crippen LogP contribution in [-0.4, -0.2) is 25.3 Å². The number of hydrogen-bond acceptors (Lipinski definition) is 3. The Labute approximate surface area is 123 Å². The second-order valence-electron chi connectivity index (χ2n) is 4.64. The molecule has 0 saturated heterocycles. The summed E-state index contributed by atoms with van der Waals surface area (Å²) < 4.78 is 10.9. The summed E-state index contributed by atoms with van der Waals surface area (Å²) in [5, 5.41) is 8.80. The Morgan fingerprint density at radius 1 is 1.05 bits per heavy atom. The number of benzene rings is 2. The maximum atomic E-state index is 10.7. The number of rotatable bonds is 6. The maximum Gasteiger partial charge on any atom is 0.303 e. The van der Waals surface area contributed by atoms with Crippen LogP contribution in [0.15, 0.2) is 42.5 Å². The summed E-state index contributed by atoms with van der Waals surface area (Å²) in [5.74, 6) is 0.543. The first-order valence-corrected chi connectivity index (χ1v) is 6.67. The highest BCUT2D eigenvalue weighted by Crippen LogP contribution is 2.39. The summed E-state index contributed by atoms with van der Waals surface area (Å²) in [5.41, 5.74) is 2.75. The molecule has 0 fully saturated rings. The molecule has 2 aromatic carbocycles. The third-order valence-electron chi connectivity index (χ3n) is 3.26. The average molecular weight is 286 g/mol. The van der Waals surface area contributed by atoms with E-state index < -0.39 is 5.97 Å². The predicted octanol–water partition coefficient (Wildman–Crippen LogP) is 3.39. The van der Waals surface area contributed by atoms with Crippen molar-refractivity contribution in [3.05, 3.63) is 48.0 Å². The van der Waals surface area contributed by atoms with Crippen LogP contribution in [0.1, 0.15) is 12.0 Å². The van der Waals surface area contributed by atoms with Crippen LogP contribution >= 0.6 is 0 Å². The topological polar surface area (TPSA) is 55.8 Å². The van der Waals surface area contributed by atoms with Gasteiger partial charge in [-0.3, -0.25) is 4.79 Å². The van der Waals surface area contributed by atoms with E-state index in [-0.39, 0.29) is 6.42 Å². The molecule has 0 saturated carbocycles. The molecule has 0 atom stereocenters. The van der Waals surface area contributed by atoms with E-state index in [2.05, 4.69) is 0 Å². The van der Waals surface area contributed by atoms with Crippen LogP contribution in [-0.2, 0) is 11.2 Å². The van der Waals surface area contributed by atoms with Crippen LogP contribution in [0, 0.1) is 0 Å². The van der Waals surface area contributed by atoms with Gasteiger partial charge in [-0.05, 0) is 29.7 Å². The molecular weight excluding hydrogens is 268 g/mol. The first-order chi connectivity index (χ1) is 10.2. The van der Waals surface area contributed by atoms with Gasteiger partial charge in [-0.2, -0.15) is 0 Å². The van der Waals surface area contributed by atoms with Crippen molar-refractivity contribution in [1.82, 2.24) is 0 Å². The van der Waals surface area contributed by atoms with Gasteiger partial charge in [0.05, 0.1) is 19.8 Å². The summed E-state index contributed by atoms with van der Waals surface area (Å²) >= 11 is 0. The van der Waals surface area contributed by atoms with E-state index >= 15 is 0 Å². The van der Waals surface area contributed by atoms with Crippen molar-refractivity contribution >= 4 is 5.97 Å².